The molecular weight excluding hydrogens is 304 g/mol. The number of hydrogen-bond acceptors (Lipinski definition) is 4. The van der Waals surface area contributed by atoms with Crippen LogP contribution in [-0.2, 0) is 16.6 Å². The van der Waals surface area contributed by atoms with Crippen LogP contribution in [0.1, 0.15) is 11.1 Å². The second-order valence-corrected chi connectivity index (χ2v) is 6.67. The molecule has 0 aliphatic rings. The van der Waals surface area contributed by atoms with Crippen molar-refractivity contribution in [2.75, 3.05) is 0 Å². The molecule has 0 amide bonds. The van der Waals surface area contributed by atoms with Crippen LogP contribution in [0, 0.1) is 6.92 Å². The molecule has 0 spiro atoms. The number of hydrogen-bond donors (Lipinski definition) is 2. The third-order valence-electron chi connectivity index (χ3n) is 3.33. The molecule has 3 rings (SSSR count). The first kappa shape index (κ1) is 14.6. The molecule has 0 unspecified atom stereocenters. The van der Waals surface area contributed by atoms with E-state index in [0.717, 1.165) is 0 Å². The molecule has 2 N–H and O–H groups in total. The maximum absolute atomic E-state index is 12.3. The van der Waals surface area contributed by atoms with Gasteiger partial charge < -0.3 is 4.42 Å². The standard InChI is InChI=1S/C15H14N2O4S/c1-10-4-2-3-5-14(10)22(19,20)16-9-11-6-7-12-13(8-11)21-15(18)17-12/h2-8,16H,9H2,1H3,(H,17,18). The maximum atomic E-state index is 12.3. The molecular formula is C15H14N2O4S. The van der Waals surface area contributed by atoms with Crippen LogP contribution in [0.2, 0.25) is 0 Å². The van der Waals surface area contributed by atoms with Crippen LogP contribution >= 0.6 is 0 Å². The number of aromatic amines is 1. The van der Waals surface area contributed by atoms with E-state index < -0.39 is 15.8 Å². The van der Waals surface area contributed by atoms with Crippen LogP contribution in [-0.4, -0.2) is 13.4 Å². The van der Waals surface area contributed by atoms with Gasteiger partial charge in [-0.1, -0.05) is 24.3 Å². The van der Waals surface area contributed by atoms with Gasteiger partial charge >= 0.3 is 5.76 Å². The third-order valence-corrected chi connectivity index (χ3v) is 4.90. The number of benzene rings is 2. The molecule has 7 heteroatoms. The van der Waals surface area contributed by atoms with Crippen molar-refractivity contribution in [2.45, 2.75) is 18.4 Å². The van der Waals surface area contributed by atoms with Gasteiger partial charge in [-0.15, -0.1) is 0 Å². The molecule has 22 heavy (non-hydrogen) atoms. The van der Waals surface area contributed by atoms with Crippen LogP contribution in [0.4, 0.5) is 0 Å². The number of nitrogens with one attached hydrogen (secondary N) is 2. The molecule has 0 aliphatic carbocycles. The summed E-state index contributed by atoms with van der Waals surface area (Å²) < 4.78 is 32.1. The maximum Gasteiger partial charge on any atom is 0.417 e. The Morgan fingerprint density at radius 2 is 1.95 bits per heavy atom. The number of aryl methyl sites for hydroxylation is 1. The average molecular weight is 318 g/mol. The molecule has 3 aromatic rings. The lowest BCUT2D eigenvalue weighted by Gasteiger charge is -2.09. The van der Waals surface area contributed by atoms with Crippen molar-refractivity contribution in [3.8, 4) is 0 Å². The number of sulfonamides is 1. The molecule has 0 saturated heterocycles. The van der Waals surface area contributed by atoms with Crippen molar-refractivity contribution in [3.05, 3.63) is 64.1 Å². The van der Waals surface area contributed by atoms with E-state index in [-0.39, 0.29) is 11.4 Å². The van der Waals surface area contributed by atoms with Gasteiger partial charge in [-0.25, -0.2) is 17.9 Å². The zero-order valence-corrected chi connectivity index (χ0v) is 12.6. The Bertz CT molecular complexity index is 986. The van der Waals surface area contributed by atoms with Gasteiger partial charge in [-0.2, -0.15) is 0 Å². The first-order valence-electron chi connectivity index (χ1n) is 6.63. The summed E-state index contributed by atoms with van der Waals surface area (Å²) in [6.07, 6.45) is 0. The van der Waals surface area contributed by atoms with Crippen molar-refractivity contribution in [1.29, 1.82) is 0 Å². The molecule has 6 nitrogen and oxygen atoms in total. The molecule has 0 radical (unpaired) electrons. The van der Waals surface area contributed by atoms with E-state index in [4.69, 9.17) is 4.42 Å². The van der Waals surface area contributed by atoms with Gasteiger partial charge in [0.15, 0.2) is 5.58 Å². The van der Waals surface area contributed by atoms with E-state index >= 15 is 0 Å². The Morgan fingerprint density at radius 3 is 2.73 bits per heavy atom. The summed E-state index contributed by atoms with van der Waals surface area (Å²) in [5, 5.41) is 0. The molecule has 1 heterocycles. The van der Waals surface area contributed by atoms with Crippen LogP contribution in [0.15, 0.2) is 56.6 Å². The molecule has 0 fully saturated rings. The topological polar surface area (TPSA) is 92.2 Å². The van der Waals surface area contributed by atoms with Gasteiger partial charge in [-0.3, -0.25) is 4.98 Å². The molecule has 0 bridgehead atoms. The Kier molecular flexibility index (Phi) is 3.59. The number of aromatic nitrogens is 1. The minimum Gasteiger partial charge on any atom is -0.408 e. The highest BCUT2D eigenvalue weighted by atomic mass is 32.2. The highest BCUT2D eigenvalue weighted by Crippen LogP contribution is 2.16. The van der Waals surface area contributed by atoms with E-state index in [0.29, 0.717) is 22.2 Å². The summed E-state index contributed by atoms with van der Waals surface area (Å²) in [4.78, 5) is 13.9. The summed E-state index contributed by atoms with van der Waals surface area (Å²) in [6, 6.07) is 11.8. The first-order valence-corrected chi connectivity index (χ1v) is 8.11. The predicted octanol–water partition coefficient (Wildman–Crippen LogP) is 1.91. The Balaban J connectivity index is 1.84. The van der Waals surface area contributed by atoms with E-state index in [9.17, 15) is 13.2 Å². The molecule has 0 aliphatic heterocycles. The normalized spacial score (nSPS) is 11.9. The van der Waals surface area contributed by atoms with Crippen molar-refractivity contribution in [2.24, 2.45) is 0 Å². The number of rotatable bonds is 4. The van der Waals surface area contributed by atoms with E-state index in [1.165, 1.54) is 0 Å². The molecule has 0 saturated carbocycles. The van der Waals surface area contributed by atoms with E-state index in [1.54, 1.807) is 49.4 Å². The third kappa shape index (κ3) is 2.81. The Labute approximate surface area is 126 Å². The summed E-state index contributed by atoms with van der Waals surface area (Å²) in [7, 11) is -3.59. The fourth-order valence-electron chi connectivity index (χ4n) is 2.21. The minimum atomic E-state index is -3.59. The Morgan fingerprint density at radius 1 is 1.18 bits per heavy atom. The van der Waals surface area contributed by atoms with Crippen molar-refractivity contribution in [1.82, 2.24) is 9.71 Å². The van der Waals surface area contributed by atoms with Gasteiger partial charge in [0.2, 0.25) is 10.0 Å². The van der Waals surface area contributed by atoms with Gasteiger partial charge in [0, 0.05) is 6.54 Å². The van der Waals surface area contributed by atoms with Gasteiger partial charge in [-0.05, 0) is 36.2 Å². The fraction of sp³-hybridized carbons (Fsp3) is 0.133. The van der Waals surface area contributed by atoms with Gasteiger partial charge in [0.1, 0.15) is 0 Å². The average Bonchev–Trinajstić information content (AvgIpc) is 2.85. The number of oxazole rings is 1. The Hall–Kier alpha value is -2.38. The van der Waals surface area contributed by atoms with Gasteiger partial charge in [0.05, 0.1) is 10.4 Å². The van der Waals surface area contributed by atoms with Crippen molar-refractivity contribution in [3.63, 3.8) is 0 Å². The SMILES string of the molecule is Cc1ccccc1S(=O)(=O)NCc1ccc2[nH]c(=O)oc2c1. The number of H-pyrrole nitrogens is 1. The second-order valence-electron chi connectivity index (χ2n) is 4.94. The summed E-state index contributed by atoms with van der Waals surface area (Å²) in [5.74, 6) is -0.535. The number of fused-ring (bicyclic) bond motifs is 1. The van der Waals surface area contributed by atoms with Crippen molar-refractivity contribution < 1.29 is 12.8 Å². The zero-order valence-electron chi connectivity index (χ0n) is 11.8. The predicted molar refractivity (Wildman–Crippen MR) is 82.0 cm³/mol. The highest BCUT2D eigenvalue weighted by molar-refractivity contribution is 7.89. The monoisotopic (exact) mass is 318 g/mol. The van der Waals surface area contributed by atoms with Crippen LogP contribution in [0.25, 0.3) is 11.1 Å². The summed E-state index contributed by atoms with van der Waals surface area (Å²) in [5.41, 5.74) is 2.36. The largest absolute Gasteiger partial charge is 0.417 e. The lowest BCUT2D eigenvalue weighted by molar-refractivity contribution is 0.554. The molecule has 2 aromatic carbocycles. The minimum absolute atomic E-state index is 0.113. The van der Waals surface area contributed by atoms with Crippen LogP contribution < -0.4 is 10.5 Å². The quantitative estimate of drug-likeness (QED) is 0.768. The molecule has 114 valence electrons. The zero-order chi connectivity index (χ0) is 15.7. The molecule has 0 atom stereocenters. The van der Waals surface area contributed by atoms with Crippen molar-refractivity contribution >= 4 is 21.1 Å². The van der Waals surface area contributed by atoms with E-state index in [1.807, 2.05) is 0 Å². The second kappa shape index (κ2) is 5.43. The lowest BCUT2D eigenvalue weighted by atomic mass is 10.2. The van der Waals surface area contributed by atoms with Crippen LogP contribution in [0.3, 0.4) is 0 Å². The van der Waals surface area contributed by atoms with Crippen LogP contribution in [0.5, 0.6) is 0 Å². The fourth-order valence-corrected chi connectivity index (χ4v) is 3.48. The van der Waals surface area contributed by atoms with Gasteiger partial charge in [0.25, 0.3) is 0 Å². The summed E-state index contributed by atoms with van der Waals surface area (Å²) in [6.45, 7) is 1.86. The van der Waals surface area contributed by atoms with E-state index in [2.05, 4.69) is 9.71 Å². The lowest BCUT2D eigenvalue weighted by Crippen LogP contribution is -2.23. The molecule has 1 aromatic heterocycles. The smallest absolute Gasteiger partial charge is 0.408 e. The first-order chi connectivity index (χ1) is 10.5. The highest BCUT2D eigenvalue weighted by Gasteiger charge is 2.15. The summed E-state index contributed by atoms with van der Waals surface area (Å²) >= 11 is 0.